The van der Waals surface area contributed by atoms with Gasteiger partial charge in [-0.1, -0.05) is 42.8 Å². The summed E-state index contributed by atoms with van der Waals surface area (Å²) in [4.78, 5) is 30.7. The first kappa shape index (κ1) is 17.4. The SMILES string of the molecule is CCc1ccc(/C=C(\Cl)c2nc3sc(C(=O)[O-])c(C)c3c(=O)[nH]2)cc1. The van der Waals surface area contributed by atoms with Gasteiger partial charge in [0.05, 0.1) is 21.3 Å². The highest BCUT2D eigenvalue weighted by atomic mass is 35.5. The fourth-order valence-corrected chi connectivity index (χ4v) is 3.75. The standard InChI is InChI=1S/C18H15ClN2O3S/c1-3-10-4-6-11(7-5-10)8-12(19)15-20-16(22)13-9(2)14(18(23)24)25-17(13)21-15/h4-8H,3H2,1-2H3,(H,23,24)(H,20,21,22)/p-1/b12-8-. The number of hydrogen-bond donors (Lipinski definition) is 1. The second kappa shape index (κ2) is 6.82. The van der Waals surface area contributed by atoms with E-state index in [1.54, 1.807) is 13.0 Å². The van der Waals surface area contributed by atoms with Gasteiger partial charge in [0.25, 0.3) is 5.56 Å². The summed E-state index contributed by atoms with van der Waals surface area (Å²) < 4.78 is 0. The van der Waals surface area contributed by atoms with Crippen LogP contribution in [-0.2, 0) is 6.42 Å². The number of nitrogens with one attached hydrogen (secondary N) is 1. The summed E-state index contributed by atoms with van der Waals surface area (Å²) >= 11 is 7.21. The van der Waals surface area contributed by atoms with Crippen LogP contribution in [0.3, 0.4) is 0 Å². The predicted molar refractivity (Wildman–Crippen MR) is 98.9 cm³/mol. The van der Waals surface area contributed by atoms with Gasteiger partial charge in [0.15, 0.2) is 5.82 Å². The highest BCUT2D eigenvalue weighted by Crippen LogP contribution is 2.28. The molecule has 0 radical (unpaired) electrons. The van der Waals surface area contributed by atoms with Crippen LogP contribution in [-0.4, -0.2) is 15.9 Å². The Kier molecular flexibility index (Phi) is 4.74. The molecule has 0 aliphatic carbocycles. The quantitative estimate of drug-likeness (QED) is 0.761. The molecule has 5 nitrogen and oxygen atoms in total. The monoisotopic (exact) mass is 373 g/mol. The lowest BCUT2D eigenvalue weighted by Crippen LogP contribution is -2.21. The Hall–Kier alpha value is -2.44. The van der Waals surface area contributed by atoms with Crippen LogP contribution in [0.4, 0.5) is 0 Å². The molecule has 128 valence electrons. The van der Waals surface area contributed by atoms with Gasteiger partial charge >= 0.3 is 0 Å². The number of thiophene rings is 1. The maximum absolute atomic E-state index is 12.3. The van der Waals surface area contributed by atoms with Crippen LogP contribution in [0.5, 0.6) is 0 Å². The van der Waals surface area contributed by atoms with Crippen LogP contribution in [0.2, 0.25) is 0 Å². The van der Waals surface area contributed by atoms with Gasteiger partial charge in [-0.05, 0) is 36.1 Å². The molecular formula is C18H14ClN2O3S-. The smallest absolute Gasteiger partial charge is 0.260 e. The molecule has 25 heavy (non-hydrogen) atoms. The third kappa shape index (κ3) is 3.36. The Morgan fingerprint density at radius 2 is 2.04 bits per heavy atom. The number of nitrogens with zero attached hydrogens (tertiary/aromatic N) is 1. The molecule has 0 unspecified atom stereocenters. The summed E-state index contributed by atoms with van der Waals surface area (Å²) in [5, 5.41) is 11.7. The Morgan fingerprint density at radius 1 is 1.36 bits per heavy atom. The van der Waals surface area contributed by atoms with Crippen molar-refractivity contribution in [3.63, 3.8) is 0 Å². The maximum Gasteiger partial charge on any atom is 0.260 e. The van der Waals surface area contributed by atoms with E-state index in [-0.39, 0.29) is 21.1 Å². The number of aromatic amines is 1. The van der Waals surface area contributed by atoms with Gasteiger partial charge in [-0.3, -0.25) is 4.79 Å². The molecule has 0 fully saturated rings. The van der Waals surface area contributed by atoms with Crippen LogP contribution < -0.4 is 10.7 Å². The summed E-state index contributed by atoms with van der Waals surface area (Å²) in [6.45, 7) is 3.64. The number of hydrogen-bond acceptors (Lipinski definition) is 5. The molecule has 3 aromatic rings. The van der Waals surface area contributed by atoms with Crippen molar-refractivity contribution in [1.29, 1.82) is 0 Å². The van der Waals surface area contributed by atoms with E-state index in [1.807, 2.05) is 24.3 Å². The largest absolute Gasteiger partial charge is 0.544 e. The predicted octanol–water partition coefficient (Wildman–Crippen LogP) is 2.96. The normalized spacial score (nSPS) is 11.9. The molecule has 0 aliphatic rings. The van der Waals surface area contributed by atoms with Gasteiger partial charge in [-0.2, -0.15) is 0 Å². The van der Waals surface area contributed by atoms with Crippen LogP contribution in [0.25, 0.3) is 21.3 Å². The van der Waals surface area contributed by atoms with E-state index in [2.05, 4.69) is 16.9 Å². The van der Waals surface area contributed by atoms with Gasteiger partial charge in [-0.25, -0.2) is 4.98 Å². The third-order valence-electron chi connectivity index (χ3n) is 3.89. The Morgan fingerprint density at radius 3 is 2.64 bits per heavy atom. The highest BCUT2D eigenvalue weighted by molar-refractivity contribution is 7.20. The molecule has 0 spiro atoms. The number of carbonyl (C=O) groups is 1. The minimum Gasteiger partial charge on any atom is -0.544 e. The van der Waals surface area contributed by atoms with Crippen molar-refractivity contribution in [2.45, 2.75) is 20.3 Å². The average molecular weight is 374 g/mol. The van der Waals surface area contributed by atoms with Crippen LogP contribution in [0.1, 0.15) is 39.1 Å². The zero-order valence-electron chi connectivity index (χ0n) is 13.6. The Labute approximate surface area is 152 Å². The molecular weight excluding hydrogens is 360 g/mol. The number of carboxylic acids is 1. The molecule has 0 bridgehead atoms. The second-order valence-corrected chi connectivity index (χ2v) is 6.93. The molecule has 1 N–H and O–H groups in total. The van der Waals surface area contributed by atoms with Crippen molar-refractivity contribution in [1.82, 2.24) is 9.97 Å². The molecule has 2 heterocycles. The van der Waals surface area contributed by atoms with Crippen molar-refractivity contribution < 1.29 is 9.90 Å². The van der Waals surface area contributed by atoms with Gasteiger partial charge in [0, 0.05) is 0 Å². The van der Waals surface area contributed by atoms with E-state index in [0.29, 0.717) is 10.4 Å². The van der Waals surface area contributed by atoms with Gasteiger partial charge in [0.1, 0.15) is 4.83 Å². The lowest BCUT2D eigenvalue weighted by molar-refractivity contribution is -0.254. The number of carboxylic acid groups (broad SMARTS) is 1. The van der Waals surface area contributed by atoms with Crippen molar-refractivity contribution in [3.05, 3.63) is 62.0 Å². The van der Waals surface area contributed by atoms with Crippen molar-refractivity contribution in [2.75, 3.05) is 0 Å². The molecule has 0 amide bonds. The summed E-state index contributed by atoms with van der Waals surface area (Å²) in [5.74, 6) is -1.12. The number of aryl methyl sites for hydroxylation is 2. The topological polar surface area (TPSA) is 85.9 Å². The Balaban J connectivity index is 2.07. The Bertz CT molecular complexity index is 1050. The van der Waals surface area contributed by atoms with E-state index in [9.17, 15) is 14.7 Å². The first-order valence-corrected chi connectivity index (χ1v) is 8.81. The summed E-state index contributed by atoms with van der Waals surface area (Å²) in [6, 6.07) is 7.87. The maximum atomic E-state index is 12.3. The molecule has 7 heteroatoms. The number of carbonyl (C=O) groups excluding carboxylic acids is 1. The van der Waals surface area contributed by atoms with Crippen LogP contribution in [0, 0.1) is 6.92 Å². The zero-order chi connectivity index (χ0) is 18.1. The second-order valence-electron chi connectivity index (χ2n) is 5.53. The lowest BCUT2D eigenvalue weighted by Gasteiger charge is -2.01. The van der Waals surface area contributed by atoms with Crippen LogP contribution in [0.15, 0.2) is 29.1 Å². The van der Waals surface area contributed by atoms with Crippen molar-refractivity contribution in [3.8, 4) is 0 Å². The third-order valence-corrected chi connectivity index (χ3v) is 5.35. The van der Waals surface area contributed by atoms with E-state index in [0.717, 1.165) is 23.3 Å². The van der Waals surface area contributed by atoms with Crippen LogP contribution >= 0.6 is 22.9 Å². The number of halogens is 1. The first-order chi connectivity index (χ1) is 11.9. The minimum absolute atomic E-state index is 0.000376. The summed E-state index contributed by atoms with van der Waals surface area (Å²) in [5.41, 5.74) is 2.03. The number of fused-ring (bicyclic) bond motifs is 1. The number of aromatic carboxylic acids is 1. The highest BCUT2D eigenvalue weighted by Gasteiger charge is 2.15. The van der Waals surface area contributed by atoms with Crippen molar-refractivity contribution in [2.24, 2.45) is 0 Å². The van der Waals surface area contributed by atoms with E-state index in [1.165, 1.54) is 5.56 Å². The molecule has 0 aliphatic heterocycles. The van der Waals surface area contributed by atoms with E-state index < -0.39 is 11.5 Å². The lowest BCUT2D eigenvalue weighted by atomic mass is 10.1. The number of aromatic nitrogens is 2. The van der Waals surface area contributed by atoms with Gasteiger partial charge in [0.2, 0.25) is 0 Å². The minimum atomic E-state index is -1.32. The molecule has 0 saturated heterocycles. The van der Waals surface area contributed by atoms with E-state index >= 15 is 0 Å². The fraction of sp³-hybridized carbons (Fsp3) is 0.167. The number of H-pyrrole nitrogens is 1. The molecule has 0 atom stereocenters. The zero-order valence-corrected chi connectivity index (χ0v) is 15.1. The number of benzene rings is 1. The molecule has 2 aromatic heterocycles. The first-order valence-electron chi connectivity index (χ1n) is 7.62. The summed E-state index contributed by atoms with van der Waals surface area (Å²) in [6.07, 6.45) is 2.65. The van der Waals surface area contributed by atoms with Gasteiger partial charge < -0.3 is 14.9 Å². The van der Waals surface area contributed by atoms with Crippen molar-refractivity contribution >= 4 is 50.2 Å². The molecule has 3 rings (SSSR count). The number of rotatable bonds is 4. The fourth-order valence-electron chi connectivity index (χ4n) is 2.52. The summed E-state index contributed by atoms with van der Waals surface area (Å²) in [7, 11) is 0. The molecule has 0 saturated carbocycles. The van der Waals surface area contributed by atoms with Gasteiger partial charge in [-0.15, -0.1) is 11.3 Å². The average Bonchev–Trinajstić information content (AvgIpc) is 2.93. The molecule has 1 aromatic carbocycles. The van der Waals surface area contributed by atoms with E-state index in [4.69, 9.17) is 11.6 Å².